The van der Waals surface area contributed by atoms with Crippen molar-refractivity contribution in [2.45, 2.75) is 26.9 Å². The van der Waals surface area contributed by atoms with Gasteiger partial charge in [-0.2, -0.15) is 13.2 Å². The number of rotatable bonds is 5. The number of hydrogen-bond donors (Lipinski definition) is 1. The van der Waals surface area contributed by atoms with Crippen molar-refractivity contribution in [3.8, 4) is 0 Å². The molecule has 0 unspecified atom stereocenters. The van der Waals surface area contributed by atoms with Gasteiger partial charge in [-0.25, -0.2) is 0 Å². The molecule has 0 aliphatic rings. The quantitative estimate of drug-likeness (QED) is 0.812. The van der Waals surface area contributed by atoms with Crippen molar-refractivity contribution in [2.75, 3.05) is 23.3 Å². The highest BCUT2D eigenvalue weighted by Gasteiger charge is 2.31. The summed E-state index contributed by atoms with van der Waals surface area (Å²) in [6.07, 6.45) is -4.47. The minimum atomic E-state index is -4.47. The van der Waals surface area contributed by atoms with Gasteiger partial charge in [0.25, 0.3) is 5.91 Å². The molecular weight excluding hydrogens is 329 g/mol. The number of hydrogen-bond acceptors (Lipinski definition) is 2. The normalized spacial score (nSPS) is 11.3. The maximum absolute atomic E-state index is 13.1. The molecule has 1 N–H and O–H groups in total. The van der Waals surface area contributed by atoms with Crippen molar-refractivity contribution < 1.29 is 18.0 Å². The molecule has 0 saturated heterocycles. The van der Waals surface area contributed by atoms with Crippen molar-refractivity contribution in [1.82, 2.24) is 0 Å². The van der Waals surface area contributed by atoms with E-state index in [2.05, 4.69) is 5.32 Å². The summed E-state index contributed by atoms with van der Waals surface area (Å²) < 4.78 is 39.2. The number of halogens is 3. The van der Waals surface area contributed by atoms with Gasteiger partial charge in [-0.15, -0.1) is 0 Å². The molecule has 1 amide bonds. The van der Waals surface area contributed by atoms with Crippen molar-refractivity contribution in [3.63, 3.8) is 0 Å². The Hall–Kier alpha value is -2.50. The molecule has 0 atom stereocenters. The van der Waals surface area contributed by atoms with Crippen LogP contribution in [0.5, 0.6) is 0 Å². The molecule has 6 heteroatoms. The topological polar surface area (TPSA) is 32.3 Å². The van der Waals surface area contributed by atoms with Gasteiger partial charge >= 0.3 is 6.18 Å². The van der Waals surface area contributed by atoms with E-state index in [4.69, 9.17) is 0 Å². The Morgan fingerprint density at radius 1 is 1.08 bits per heavy atom. The summed E-state index contributed by atoms with van der Waals surface area (Å²) in [5.41, 5.74) is 1.14. The van der Waals surface area contributed by atoms with E-state index in [1.165, 1.54) is 6.07 Å². The molecule has 0 radical (unpaired) electrons. The van der Waals surface area contributed by atoms with Crippen molar-refractivity contribution in [2.24, 2.45) is 0 Å². The van der Waals surface area contributed by atoms with E-state index in [9.17, 15) is 18.0 Å². The van der Waals surface area contributed by atoms with Gasteiger partial charge in [0.15, 0.2) is 0 Å². The predicted molar refractivity (Wildman–Crippen MR) is 94.1 cm³/mol. The molecular formula is C19H21F3N2O. The van der Waals surface area contributed by atoms with Crippen LogP contribution in [0.25, 0.3) is 0 Å². The summed E-state index contributed by atoms with van der Waals surface area (Å²) in [6, 6.07) is 10.4. The van der Waals surface area contributed by atoms with Crippen LogP contribution in [0.4, 0.5) is 24.5 Å². The third-order valence-corrected chi connectivity index (χ3v) is 4.07. The van der Waals surface area contributed by atoms with Crippen LogP contribution in [0.3, 0.4) is 0 Å². The highest BCUT2D eigenvalue weighted by molar-refractivity contribution is 6.06. The van der Waals surface area contributed by atoms with Crippen LogP contribution in [-0.4, -0.2) is 19.0 Å². The average molecular weight is 350 g/mol. The molecule has 0 aliphatic carbocycles. The number of alkyl halides is 3. The zero-order valence-electron chi connectivity index (χ0n) is 14.4. The van der Waals surface area contributed by atoms with Gasteiger partial charge in [0.1, 0.15) is 0 Å². The van der Waals surface area contributed by atoms with Gasteiger partial charge in [0, 0.05) is 18.7 Å². The van der Waals surface area contributed by atoms with E-state index in [1.807, 2.05) is 18.7 Å². The number of amides is 1. The molecule has 25 heavy (non-hydrogen) atoms. The molecule has 0 aliphatic heterocycles. The van der Waals surface area contributed by atoms with Crippen LogP contribution in [0.2, 0.25) is 0 Å². The van der Waals surface area contributed by atoms with E-state index in [0.717, 1.165) is 17.7 Å². The lowest BCUT2D eigenvalue weighted by molar-refractivity contribution is -0.137. The average Bonchev–Trinajstić information content (AvgIpc) is 2.56. The smallest absolute Gasteiger partial charge is 0.370 e. The summed E-state index contributed by atoms with van der Waals surface area (Å²) in [5.74, 6) is -0.425. The number of carbonyl (C=O) groups excluding carboxylic acids is 1. The monoisotopic (exact) mass is 350 g/mol. The van der Waals surface area contributed by atoms with Gasteiger partial charge < -0.3 is 10.2 Å². The number of nitrogens with one attached hydrogen (secondary N) is 1. The summed E-state index contributed by atoms with van der Waals surface area (Å²) in [5, 5.41) is 2.65. The standard InChI is InChI=1S/C19H21F3N2O/c1-4-24(5-2)17-11-10-14(19(20,21)22)12-16(17)23-18(25)15-9-7-6-8-13(15)3/h6-12H,4-5H2,1-3H3,(H,23,25). The number of aryl methyl sites for hydroxylation is 1. The SMILES string of the molecule is CCN(CC)c1ccc(C(F)(F)F)cc1NC(=O)c1ccccc1C. The number of benzene rings is 2. The maximum Gasteiger partial charge on any atom is 0.416 e. The summed E-state index contributed by atoms with van der Waals surface area (Å²) in [6.45, 7) is 6.85. The molecule has 0 fully saturated rings. The molecule has 0 saturated carbocycles. The molecule has 0 bridgehead atoms. The second-order valence-corrected chi connectivity index (χ2v) is 5.67. The summed E-state index contributed by atoms with van der Waals surface area (Å²) in [4.78, 5) is 14.4. The van der Waals surface area contributed by atoms with E-state index in [1.54, 1.807) is 31.2 Å². The Balaban J connectivity index is 2.45. The molecule has 2 aromatic carbocycles. The fourth-order valence-electron chi connectivity index (χ4n) is 2.67. The summed E-state index contributed by atoms with van der Waals surface area (Å²) >= 11 is 0. The van der Waals surface area contributed by atoms with Crippen LogP contribution >= 0.6 is 0 Å². The zero-order chi connectivity index (χ0) is 18.6. The Morgan fingerprint density at radius 2 is 1.72 bits per heavy atom. The van der Waals surface area contributed by atoms with Crippen LogP contribution in [-0.2, 0) is 6.18 Å². The number of anilines is 2. The van der Waals surface area contributed by atoms with E-state index < -0.39 is 17.6 Å². The fraction of sp³-hybridized carbons (Fsp3) is 0.316. The van der Waals surface area contributed by atoms with E-state index >= 15 is 0 Å². The van der Waals surface area contributed by atoms with Crippen LogP contribution in [0, 0.1) is 6.92 Å². The Bertz CT molecular complexity index is 753. The van der Waals surface area contributed by atoms with Gasteiger partial charge in [-0.1, -0.05) is 18.2 Å². The van der Waals surface area contributed by atoms with E-state index in [-0.39, 0.29) is 5.69 Å². The first-order valence-electron chi connectivity index (χ1n) is 8.11. The van der Waals surface area contributed by atoms with Gasteiger partial charge in [0.05, 0.1) is 16.9 Å². The second kappa shape index (κ2) is 7.59. The molecule has 2 rings (SSSR count). The Labute approximate surface area is 145 Å². The first-order valence-corrected chi connectivity index (χ1v) is 8.11. The highest BCUT2D eigenvalue weighted by Crippen LogP contribution is 2.35. The molecule has 0 aromatic heterocycles. The van der Waals surface area contributed by atoms with Gasteiger partial charge in [0.2, 0.25) is 0 Å². The molecule has 134 valence electrons. The van der Waals surface area contributed by atoms with Crippen LogP contribution < -0.4 is 10.2 Å². The highest BCUT2D eigenvalue weighted by atomic mass is 19.4. The molecule has 2 aromatic rings. The third-order valence-electron chi connectivity index (χ3n) is 4.07. The predicted octanol–water partition coefficient (Wildman–Crippen LogP) is 5.11. The van der Waals surface area contributed by atoms with Gasteiger partial charge in [-0.05, 0) is 50.6 Å². The van der Waals surface area contributed by atoms with Crippen LogP contribution in [0.1, 0.15) is 35.3 Å². The largest absolute Gasteiger partial charge is 0.416 e. The Kier molecular flexibility index (Phi) is 5.72. The minimum absolute atomic E-state index is 0.159. The second-order valence-electron chi connectivity index (χ2n) is 5.67. The molecule has 0 heterocycles. The van der Waals surface area contributed by atoms with Crippen molar-refractivity contribution in [3.05, 3.63) is 59.2 Å². The van der Waals surface area contributed by atoms with E-state index in [0.29, 0.717) is 24.3 Å². The lowest BCUT2D eigenvalue weighted by atomic mass is 10.1. The maximum atomic E-state index is 13.1. The van der Waals surface area contributed by atoms with Crippen molar-refractivity contribution >= 4 is 17.3 Å². The first kappa shape index (κ1) is 18.8. The number of carbonyl (C=O) groups is 1. The Morgan fingerprint density at radius 3 is 2.28 bits per heavy atom. The number of nitrogens with zero attached hydrogens (tertiary/aromatic N) is 1. The van der Waals surface area contributed by atoms with Gasteiger partial charge in [-0.3, -0.25) is 4.79 Å². The third kappa shape index (κ3) is 4.32. The summed E-state index contributed by atoms with van der Waals surface area (Å²) in [7, 11) is 0. The van der Waals surface area contributed by atoms with Crippen LogP contribution in [0.15, 0.2) is 42.5 Å². The molecule has 0 spiro atoms. The lowest BCUT2D eigenvalue weighted by Crippen LogP contribution is -2.24. The zero-order valence-corrected chi connectivity index (χ0v) is 14.4. The van der Waals surface area contributed by atoms with Crippen molar-refractivity contribution in [1.29, 1.82) is 0 Å². The fourth-order valence-corrected chi connectivity index (χ4v) is 2.67. The molecule has 3 nitrogen and oxygen atoms in total. The lowest BCUT2D eigenvalue weighted by Gasteiger charge is -2.25. The minimum Gasteiger partial charge on any atom is -0.370 e. The first-order chi connectivity index (χ1) is 11.8.